The molecule has 1 atom stereocenters. The molecule has 0 saturated heterocycles. The largest absolute Gasteiger partial charge is 0.498 e. The summed E-state index contributed by atoms with van der Waals surface area (Å²) in [6, 6.07) is 0. The molecule has 1 aliphatic carbocycles. The summed E-state index contributed by atoms with van der Waals surface area (Å²) in [6.07, 6.45) is 20.2. The first-order chi connectivity index (χ1) is 9.83. The Labute approximate surface area is 127 Å². The summed E-state index contributed by atoms with van der Waals surface area (Å²) in [5.74, 6) is 1.96. The van der Waals surface area contributed by atoms with Crippen molar-refractivity contribution in [3.63, 3.8) is 0 Å². The van der Waals surface area contributed by atoms with Crippen LogP contribution in [-0.2, 0) is 4.74 Å². The highest BCUT2D eigenvalue weighted by molar-refractivity contribution is 4.96. The van der Waals surface area contributed by atoms with Gasteiger partial charge in [0, 0.05) is 6.42 Å². The van der Waals surface area contributed by atoms with Crippen molar-refractivity contribution >= 4 is 0 Å². The molecule has 118 valence electrons. The van der Waals surface area contributed by atoms with Crippen molar-refractivity contribution in [2.24, 2.45) is 5.92 Å². The molecule has 0 aromatic heterocycles. The van der Waals surface area contributed by atoms with Crippen LogP contribution >= 0.6 is 0 Å². The minimum Gasteiger partial charge on any atom is -0.498 e. The van der Waals surface area contributed by atoms with Gasteiger partial charge < -0.3 is 4.74 Å². The van der Waals surface area contributed by atoms with Crippen molar-refractivity contribution in [2.45, 2.75) is 97.3 Å². The Kier molecular flexibility index (Phi) is 10.8. The Morgan fingerprint density at radius 1 is 0.900 bits per heavy atom. The minimum absolute atomic E-state index is 0.687. The molecule has 1 nitrogen and oxygen atoms in total. The SMILES string of the molecule is CCCO/C1=C\C(C)CCCCCCCCCCCC1. The molecule has 0 radical (unpaired) electrons. The van der Waals surface area contributed by atoms with Crippen molar-refractivity contribution in [2.75, 3.05) is 6.61 Å². The van der Waals surface area contributed by atoms with E-state index in [9.17, 15) is 0 Å². The Morgan fingerprint density at radius 2 is 1.45 bits per heavy atom. The lowest BCUT2D eigenvalue weighted by molar-refractivity contribution is 0.197. The van der Waals surface area contributed by atoms with E-state index in [0.717, 1.165) is 19.4 Å². The molecule has 0 amide bonds. The average molecular weight is 280 g/mol. The molecule has 1 rings (SSSR count). The first kappa shape index (κ1) is 17.6. The van der Waals surface area contributed by atoms with Gasteiger partial charge in [-0.2, -0.15) is 0 Å². The van der Waals surface area contributed by atoms with E-state index >= 15 is 0 Å². The van der Waals surface area contributed by atoms with Gasteiger partial charge in [-0.05, 0) is 31.3 Å². The number of ether oxygens (including phenoxy) is 1. The van der Waals surface area contributed by atoms with Crippen LogP contribution < -0.4 is 0 Å². The molecule has 1 unspecified atom stereocenters. The van der Waals surface area contributed by atoms with Gasteiger partial charge in [0.05, 0.1) is 12.4 Å². The fourth-order valence-corrected chi connectivity index (χ4v) is 3.02. The van der Waals surface area contributed by atoms with Crippen LogP contribution in [0.2, 0.25) is 0 Å². The molecule has 0 N–H and O–H groups in total. The number of allylic oxidation sites excluding steroid dienone is 2. The van der Waals surface area contributed by atoms with Gasteiger partial charge in [-0.15, -0.1) is 0 Å². The Bertz CT molecular complexity index is 244. The smallest absolute Gasteiger partial charge is 0.0922 e. The van der Waals surface area contributed by atoms with Crippen molar-refractivity contribution in [1.29, 1.82) is 0 Å². The lowest BCUT2D eigenvalue weighted by Gasteiger charge is -2.13. The fourth-order valence-electron chi connectivity index (χ4n) is 3.02. The third kappa shape index (κ3) is 9.44. The van der Waals surface area contributed by atoms with Gasteiger partial charge in [-0.3, -0.25) is 0 Å². The van der Waals surface area contributed by atoms with Crippen molar-refractivity contribution in [1.82, 2.24) is 0 Å². The van der Waals surface area contributed by atoms with E-state index in [0.29, 0.717) is 5.92 Å². The molecule has 1 heteroatoms. The second-order valence-corrected chi connectivity index (χ2v) is 6.53. The number of hydrogen-bond donors (Lipinski definition) is 0. The monoisotopic (exact) mass is 280 g/mol. The molecule has 0 fully saturated rings. The predicted molar refractivity (Wildman–Crippen MR) is 88.9 cm³/mol. The highest BCUT2D eigenvalue weighted by Crippen LogP contribution is 2.20. The van der Waals surface area contributed by atoms with E-state index in [1.807, 2.05) is 0 Å². The molecular weight excluding hydrogens is 244 g/mol. The number of rotatable bonds is 3. The summed E-state index contributed by atoms with van der Waals surface area (Å²) in [7, 11) is 0. The van der Waals surface area contributed by atoms with Gasteiger partial charge in [-0.25, -0.2) is 0 Å². The van der Waals surface area contributed by atoms with E-state index in [2.05, 4.69) is 19.9 Å². The fraction of sp³-hybridized carbons (Fsp3) is 0.895. The van der Waals surface area contributed by atoms with Gasteiger partial charge in [0.25, 0.3) is 0 Å². The third-order valence-electron chi connectivity index (χ3n) is 4.29. The third-order valence-corrected chi connectivity index (χ3v) is 4.29. The van der Waals surface area contributed by atoms with Gasteiger partial charge in [0.2, 0.25) is 0 Å². The standard InChI is InChI=1S/C19H36O/c1-3-16-20-19-15-13-11-9-7-5-4-6-8-10-12-14-18(2)17-19/h17-18H,3-16H2,1-2H3/b19-17-. The van der Waals surface area contributed by atoms with E-state index in [1.54, 1.807) is 0 Å². The van der Waals surface area contributed by atoms with Crippen LogP contribution in [0.5, 0.6) is 0 Å². The van der Waals surface area contributed by atoms with E-state index in [4.69, 9.17) is 4.74 Å². The maximum Gasteiger partial charge on any atom is 0.0922 e. The Morgan fingerprint density at radius 3 is 2.05 bits per heavy atom. The van der Waals surface area contributed by atoms with Crippen molar-refractivity contribution < 1.29 is 4.74 Å². The van der Waals surface area contributed by atoms with Crippen LogP contribution in [0.1, 0.15) is 97.3 Å². The topological polar surface area (TPSA) is 9.23 Å². The molecule has 1 aliphatic rings. The zero-order chi connectivity index (χ0) is 14.5. The van der Waals surface area contributed by atoms with Crippen LogP contribution in [-0.4, -0.2) is 6.61 Å². The average Bonchev–Trinajstić information content (AvgIpc) is 2.45. The van der Waals surface area contributed by atoms with E-state index in [-0.39, 0.29) is 0 Å². The zero-order valence-corrected chi connectivity index (χ0v) is 14.0. The van der Waals surface area contributed by atoms with E-state index < -0.39 is 0 Å². The molecule has 0 aromatic rings. The first-order valence-corrected chi connectivity index (χ1v) is 9.16. The second-order valence-electron chi connectivity index (χ2n) is 6.53. The van der Waals surface area contributed by atoms with Crippen molar-refractivity contribution in [3.8, 4) is 0 Å². The molecule has 0 aromatic carbocycles. The normalized spacial score (nSPS) is 26.9. The second kappa shape index (κ2) is 12.3. The van der Waals surface area contributed by atoms with Crippen LogP contribution in [0.4, 0.5) is 0 Å². The maximum absolute atomic E-state index is 5.95. The highest BCUT2D eigenvalue weighted by atomic mass is 16.5. The molecule has 0 heterocycles. The summed E-state index contributed by atoms with van der Waals surface area (Å²) >= 11 is 0. The van der Waals surface area contributed by atoms with Crippen molar-refractivity contribution in [3.05, 3.63) is 11.8 Å². The summed E-state index contributed by atoms with van der Waals surface area (Å²) < 4.78 is 5.95. The lowest BCUT2D eigenvalue weighted by Crippen LogP contribution is -1.99. The van der Waals surface area contributed by atoms with E-state index in [1.165, 1.54) is 76.4 Å². The van der Waals surface area contributed by atoms with Crippen LogP contribution in [0.25, 0.3) is 0 Å². The molecule has 0 saturated carbocycles. The van der Waals surface area contributed by atoms with Crippen LogP contribution in [0.15, 0.2) is 11.8 Å². The molecular formula is C19H36O. The Balaban J connectivity index is 2.43. The molecule has 0 spiro atoms. The summed E-state index contributed by atoms with van der Waals surface area (Å²) in [4.78, 5) is 0. The predicted octanol–water partition coefficient (Wildman–Crippen LogP) is 6.63. The van der Waals surface area contributed by atoms with Gasteiger partial charge in [-0.1, -0.05) is 71.6 Å². The molecule has 0 bridgehead atoms. The van der Waals surface area contributed by atoms with Crippen LogP contribution in [0, 0.1) is 5.92 Å². The van der Waals surface area contributed by atoms with Crippen LogP contribution in [0.3, 0.4) is 0 Å². The zero-order valence-electron chi connectivity index (χ0n) is 14.0. The first-order valence-electron chi connectivity index (χ1n) is 9.16. The molecule has 20 heavy (non-hydrogen) atoms. The molecule has 0 aliphatic heterocycles. The quantitative estimate of drug-likeness (QED) is 0.564. The summed E-state index contributed by atoms with van der Waals surface area (Å²) in [5, 5.41) is 0. The number of hydrogen-bond acceptors (Lipinski definition) is 1. The van der Waals surface area contributed by atoms with Gasteiger partial charge in [0.15, 0.2) is 0 Å². The summed E-state index contributed by atoms with van der Waals surface area (Å²) in [5.41, 5.74) is 0. The van der Waals surface area contributed by atoms with Gasteiger partial charge in [0.1, 0.15) is 0 Å². The lowest BCUT2D eigenvalue weighted by atomic mass is 10.0. The minimum atomic E-state index is 0.687. The Hall–Kier alpha value is -0.460. The highest BCUT2D eigenvalue weighted by Gasteiger charge is 2.05. The van der Waals surface area contributed by atoms with Gasteiger partial charge >= 0.3 is 0 Å². The summed E-state index contributed by atoms with van der Waals surface area (Å²) in [6.45, 7) is 5.43. The maximum atomic E-state index is 5.95.